The van der Waals surface area contributed by atoms with Crippen LogP contribution < -0.4 is 5.73 Å². The van der Waals surface area contributed by atoms with Crippen molar-refractivity contribution in [3.8, 4) is 0 Å². The van der Waals surface area contributed by atoms with Crippen molar-refractivity contribution in [2.75, 3.05) is 19.6 Å². The summed E-state index contributed by atoms with van der Waals surface area (Å²) < 4.78 is 19.0. The molecule has 5 heteroatoms. The van der Waals surface area contributed by atoms with E-state index >= 15 is 0 Å². The van der Waals surface area contributed by atoms with Crippen LogP contribution in [0.1, 0.15) is 33.6 Å². The molecule has 1 heterocycles. The molecule has 0 unspecified atom stereocenters. The van der Waals surface area contributed by atoms with Crippen LogP contribution in [-0.4, -0.2) is 42.4 Å². The van der Waals surface area contributed by atoms with Crippen molar-refractivity contribution in [1.29, 1.82) is 0 Å². The summed E-state index contributed by atoms with van der Waals surface area (Å²) >= 11 is 0. The Morgan fingerprint density at radius 2 is 2.18 bits per heavy atom. The summed E-state index contributed by atoms with van der Waals surface area (Å²) in [6.45, 7) is 6.59. The first-order valence-electron chi connectivity index (χ1n) is 6.15. The van der Waals surface area contributed by atoms with Gasteiger partial charge in [0, 0.05) is 6.54 Å². The van der Waals surface area contributed by atoms with Crippen LogP contribution >= 0.6 is 0 Å². The van der Waals surface area contributed by atoms with E-state index in [1.54, 1.807) is 20.8 Å². The second kappa shape index (κ2) is 5.67. The maximum Gasteiger partial charge on any atom is 0.410 e. The zero-order valence-electron chi connectivity index (χ0n) is 10.9. The first-order valence-corrected chi connectivity index (χ1v) is 6.15. The number of carbonyl (C=O) groups excluding carboxylic acids is 1. The molecule has 1 amide bonds. The van der Waals surface area contributed by atoms with Crippen molar-refractivity contribution in [2.45, 2.75) is 45.4 Å². The van der Waals surface area contributed by atoms with E-state index in [9.17, 15) is 9.18 Å². The monoisotopic (exact) mass is 246 g/mol. The molecule has 2 N–H and O–H groups in total. The third-order valence-electron chi connectivity index (χ3n) is 2.87. The average molecular weight is 246 g/mol. The molecule has 1 aliphatic rings. The predicted octanol–water partition coefficient (Wildman–Crippen LogP) is 1.93. The standard InChI is InChI=1S/C12H23FN2O2/c1-12(2,3)17-11(16)15-7-5-9(4-6-14)10(13)8-15/h9-10H,4-8,14H2,1-3H3/t9-,10+/m1/s1. The summed E-state index contributed by atoms with van der Waals surface area (Å²) in [7, 11) is 0. The number of nitrogens with two attached hydrogens (primary N) is 1. The Morgan fingerprint density at radius 3 is 2.65 bits per heavy atom. The van der Waals surface area contributed by atoms with Crippen LogP contribution in [0.25, 0.3) is 0 Å². The number of piperidine rings is 1. The fourth-order valence-electron chi connectivity index (χ4n) is 1.98. The van der Waals surface area contributed by atoms with Crippen LogP contribution in [0.4, 0.5) is 9.18 Å². The average Bonchev–Trinajstić information content (AvgIpc) is 2.18. The molecule has 0 aliphatic carbocycles. The number of carbonyl (C=O) groups is 1. The lowest BCUT2D eigenvalue weighted by Gasteiger charge is -2.35. The van der Waals surface area contributed by atoms with Gasteiger partial charge in [-0.2, -0.15) is 0 Å². The molecule has 0 radical (unpaired) electrons. The zero-order valence-corrected chi connectivity index (χ0v) is 10.9. The largest absolute Gasteiger partial charge is 0.444 e. The summed E-state index contributed by atoms with van der Waals surface area (Å²) in [5.41, 5.74) is 4.90. The van der Waals surface area contributed by atoms with E-state index in [4.69, 9.17) is 10.5 Å². The number of amides is 1. The molecule has 0 spiro atoms. The molecule has 17 heavy (non-hydrogen) atoms. The van der Waals surface area contributed by atoms with Gasteiger partial charge in [-0.25, -0.2) is 9.18 Å². The summed E-state index contributed by atoms with van der Waals surface area (Å²) in [4.78, 5) is 13.2. The summed E-state index contributed by atoms with van der Waals surface area (Å²) in [5, 5.41) is 0. The Morgan fingerprint density at radius 1 is 1.53 bits per heavy atom. The fourth-order valence-corrected chi connectivity index (χ4v) is 1.98. The number of alkyl halides is 1. The first-order chi connectivity index (χ1) is 7.83. The Bertz CT molecular complexity index is 266. The highest BCUT2D eigenvalue weighted by atomic mass is 19.1. The van der Waals surface area contributed by atoms with Gasteiger partial charge in [-0.15, -0.1) is 0 Å². The number of likely N-dealkylation sites (tertiary alicyclic amines) is 1. The molecule has 100 valence electrons. The molecule has 1 saturated heterocycles. The van der Waals surface area contributed by atoms with E-state index in [-0.39, 0.29) is 12.5 Å². The Hall–Kier alpha value is -0.840. The van der Waals surface area contributed by atoms with Crippen LogP contribution in [0.2, 0.25) is 0 Å². The molecule has 0 bridgehead atoms. The molecule has 0 aromatic rings. The maximum atomic E-state index is 13.8. The lowest BCUT2D eigenvalue weighted by molar-refractivity contribution is 0.00494. The Kier molecular flexibility index (Phi) is 4.74. The maximum absolute atomic E-state index is 13.8. The third kappa shape index (κ3) is 4.50. The zero-order chi connectivity index (χ0) is 13.1. The molecular weight excluding hydrogens is 223 g/mol. The minimum Gasteiger partial charge on any atom is -0.444 e. The van der Waals surface area contributed by atoms with Crippen molar-refractivity contribution in [2.24, 2.45) is 11.7 Å². The van der Waals surface area contributed by atoms with Gasteiger partial charge in [0.05, 0.1) is 6.54 Å². The number of rotatable bonds is 2. The van der Waals surface area contributed by atoms with Gasteiger partial charge in [0.2, 0.25) is 0 Å². The Labute approximate surface area is 102 Å². The van der Waals surface area contributed by atoms with Gasteiger partial charge >= 0.3 is 6.09 Å². The number of nitrogens with zero attached hydrogens (tertiary/aromatic N) is 1. The molecule has 0 saturated carbocycles. The molecular formula is C12H23FN2O2. The van der Waals surface area contributed by atoms with E-state index in [2.05, 4.69) is 0 Å². The number of ether oxygens (including phenoxy) is 1. The quantitative estimate of drug-likeness (QED) is 0.810. The van der Waals surface area contributed by atoms with E-state index in [0.29, 0.717) is 25.9 Å². The molecule has 2 atom stereocenters. The van der Waals surface area contributed by atoms with Gasteiger partial charge in [-0.1, -0.05) is 0 Å². The van der Waals surface area contributed by atoms with Gasteiger partial charge in [0.25, 0.3) is 0 Å². The lowest BCUT2D eigenvalue weighted by Crippen LogP contribution is -2.47. The second-order valence-corrected chi connectivity index (χ2v) is 5.57. The van der Waals surface area contributed by atoms with Crippen molar-refractivity contribution in [3.63, 3.8) is 0 Å². The molecule has 1 fully saturated rings. The van der Waals surface area contributed by atoms with Gasteiger partial charge in [0.15, 0.2) is 0 Å². The fraction of sp³-hybridized carbons (Fsp3) is 0.917. The molecule has 0 aromatic carbocycles. The summed E-state index contributed by atoms with van der Waals surface area (Å²) in [5.74, 6) is -0.0151. The van der Waals surface area contributed by atoms with Crippen LogP contribution in [0.15, 0.2) is 0 Å². The van der Waals surface area contributed by atoms with E-state index in [0.717, 1.165) is 0 Å². The minimum absolute atomic E-state index is 0.0151. The second-order valence-electron chi connectivity index (χ2n) is 5.57. The van der Waals surface area contributed by atoms with E-state index in [1.807, 2.05) is 0 Å². The van der Waals surface area contributed by atoms with Gasteiger partial charge in [-0.05, 0) is 46.1 Å². The lowest BCUT2D eigenvalue weighted by atomic mass is 9.92. The smallest absolute Gasteiger partial charge is 0.410 e. The highest BCUT2D eigenvalue weighted by Crippen LogP contribution is 2.24. The van der Waals surface area contributed by atoms with Crippen LogP contribution in [0.5, 0.6) is 0 Å². The normalized spacial score (nSPS) is 25.8. The topological polar surface area (TPSA) is 55.6 Å². The predicted molar refractivity (Wildman–Crippen MR) is 64.5 cm³/mol. The van der Waals surface area contributed by atoms with Crippen LogP contribution in [-0.2, 0) is 4.74 Å². The van der Waals surface area contributed by atoms with Gasteiger partial charge in [-0.3, -0.25) is 0 Å². The first kappa shape index (κ1) is 14.2. The highest BCUT2D eigenvalue weighted by molar-refractivity contribution is 5.68. The van der Waals surface area contributed by atoms with Crippen molar-refractivity contribution in [3.05, 3.63) is 0 Å². The number of hydrogen-bond acceptors (Lipinski definition) is 3. The van der Waals surface area contributed by atoms with Crippen molar-refractivity contribution >= 4 is 6.09 Å². The summed E-state index contributed by atoms with van der Waals surface area (Å²) in [6.07, 6.45) is -0.0628. The molecule has 1 rings (SSSR count). The number of halogens is 1. The molecule has 4 nitrogen and oxygen atoms in total. The summed E-state index contributed by atoms with van der Waals surface area (Å²) in [6, 6.07) is 0. The van der Waals surface area contributed by atoms with Gasteiger partial charge < -0.3 is 15.4 Å². The highest BCUT2D eigenvalue weighted by Gasteiger charge is 2.32. The van der Waals surface area contributed by atoms with E-state index < -0.39 is 17.9 Å². The molecule has 1 aliphatic heterocycles. The SMILES string of the molecule is CC(C)(C)OC(=O)N1CC[C@@H](CCN)[C@@H](F)C1. The third-order valence-corrected chi connectivity index (χ3v) is 2.87. The van der Waals surface area contributed by atoms with Crippen LogP contribution in [0.3, 0.4) is 0 Å². The Balaban J connectivity index is 2.46. The van der Waals surface area contributed by atoms with E-state index in [1.165, 1.54) is 4.90 Å². The van der Waals surface area contributed by atoms with Crippen molar-refractivity contribution < 1.29 is 13.9 Å². The van der Waals surface area contributed by atoms with Crippen molar-refractivity contribution in [1.82, 2.24) is 4.90 Å². The minimum atomic E-state index is -0.986. The molecule has 0 aromatic heterocycles. The van der Waals surface area contributed by atoms with Crippen LogP contribution in [0, 0.1) is 5.92 Å². The van der Waals surface area contributed by atoms with Gasteiger partial charge in [0.1, 0.15) is 11.8 Å². The number of hydrogen-bond donors (Lipinski definition) is 1.